The topological polar surface area (TPSA) is 64.9 Å². The molecule has 2 N–H and O–H groups in total. The molecule has 0 aliphatic carbocycles. The number of nitrogens with one attached hydrogen (secondary N) is 2. The molecule has 0 radical (unpaired) electrons. The van der Waals surface area contributed by atoms with Crippen LogP contribution >= 0.6 is 0 Å². The van der Waals surface area contributed by atoms with E-state index < -0.39 is 0 Å². The number of benzene rings is 2. The van der Waals surface area contributed by atoms with Gasteiger partial charge in [0.15, 0.2) is 0 Å². The van der Waals surface area contributed by atoms with Gasteiger partial charge in [0.1, 0.15) is 6.07 Å². The van der Waals surface area contributed by atoms with E-state index in [0.29, 0.717) is 24.2 Å². The van der Waals surface area contributed by atoms with Gasteiger partial charge in [0.05, 0.1) is 17.2 Å². The fraction of sp³-hybridized carbons (Fsp3) is 0.176. The van der Waals surface area contributed by atoms with Crippen molar-refractivity contribution in [2.45, 2.75) is 6.42 Å². The molecule has 0 saturated heterocycles. The van der Waals surface area contributed by atoms with Crippen molar-refractivity contribution < 1.29 is 4.79 Å². The van der Waals surface area contributed by atoms with Crippen LogP contribution in [0.3, 0.4) is 0 Å². The summed E-state index contributed by atoms with van der Waals surface area (Å²) in [6.07, 6.45) is 0.712. The first-order valence-electron chi connectivity index (χ1n) is 6.89. The lowest BCUT2D eigenvalue weighted by molar-refractivity contribution is -0.119. The summed E-state index contributed by atoms with van der Waals surface area (Å²) in [7, 11) is 0. The molecule has 0 bridgehead atoms. The molecule has 0 saturated carbocycles. The van der Waals surface area contributed by atoms with Crippen LogP contribution in [0.25, 0.3) is 0 Å². The Balaban J connectivity index is 1.74. The second-order valence-electron chi connectivity index (χ2n) is 5.09. The minimum atomic E-state index is -0.133. The number of amides is 1. The number of carbonyl (C=O) groups excluding carboxylic acids is 1. The van der Waals surface area contributed by atoms with Crippen molar-refractivity contribution in [1.82, 2.24) is 0 Å². The number of anilines is 2. The molecule has 1 heterocycles. The molecule has 1 aliphatic heterocycles. The van der Waals surface area contributed by atoms with Gasteiger partial charge in [-0.25, -0.2) is 0 Å². The molecule has 1 aliphatic rings. The molecule has 3 rings (SSSR count). The highest BCUT2D eigenvalue weighted by atomic mass is 16.1. The highest BCUT2D eigenvalue weighted by molar-refractivity contribution is 5.94. The van der Waals surface area contributed by atoms with E-state index >= 15 is 0 Å². The van der Waals surface area contributed by atoms with Crippen molar-refractivity contribution in [3.05, 3.63) is 59.7 Å². The van der Waals surface area contributed by atoms with Crippen molar-refractivity contribution in [3.63, 3.8) is 0 Å². The zero-order valence-corrected chi connectivity index (χ0v) is 11.5. The lowest BCUT2D eigenvalue weighted by atomic mass is 9.93. The zero-order chi connectivity index (χ0) is 14.7. The molecule has 2 aromatic carbocycles. The SMILES string of the molecule is N#Cc1ccccc1NC(=O)C1CNc2ccccc2C1. The van der Waals surface area contributed by atoms with E-state index in [1.54, 1.807) is 18.2 Å². The molecule has 0 spiro atoms. The Bertz CT molecular complexity index is 718. The minimum absolute atomic E-state index is 0.0558. The third-order valence-corrected chi connectivity index (χ3v) is 3.70. The van der Waals surface area contributed by atoms with Crippen LogP contribution < -0.4 is 10.6 Å². The Labute approximate surface area is 123 Å². The Hall–Kier alpha value is -2.80. The first kappa shape index (κ1) is 13.2. The van der Waals surface area contributed by atoms with Crippen LogP contribution in [0.5, 0.6) is 0 Å². The van der Waals surface area contributed by atoms with Gasteiger partial charge in [-0.15, -0.1) is 0 Å². The average Bonchev–Trinajstić information content (AvgIpc) is 2.55. The maximum Gasteiger partial charge on any atom is 0.229 e. The fourth-order valence-electron chi connectivity index (χ4n) is 2.55. The molecule has 1 unspecified atom stereocenters. The van der Waals surface area contributed by atoms with Crippen molar-refractivity contribution in [2.75, 3.05) is 17.2 Å². The maximum atomic E-state index is 12.4. The third-order valence-electron chi connectivity index (χ3n) is 3.70. The van der Waals surface area contributed by atoms with Crippen molar-refractivity contribution >= 4 is 17.3 Å². The number of nitriles is 1. The van der Waals surface area contributed by atoms with Crippen LogP contribution in [0.4, 0.5) is 11.4 Å². The number of hydrogen-bond acceptors (Lipinski definition) is 3. The Morgan fingerprint density at radius 3 is 2.81 bits per heavy atom. The van der Waals surface area contributed by atoms with E-state index in [9.17, 15) is 4.79 Å². The first-order chi connectivity index (χ1) is 10.3. The van der Waals surface area contributed by atoms with Gasteiger partial charge < -0.3 is 10.6 Å². The highest BCUT2D eigenvalue weighted by Gasteiger charge is 2.24. The van der Waals surface area contributed by atoms with Gasteiger partial charge in [-0.1, -0.05) is 30.3 Å². The summed E-state index contributed by atoms with van der Waals surface area (Å²) in [5.74, 6) is -0.189. The van der Waals surface area contributed by atoms with Crippen LogP contribution in [-0.2, 0) is 11.2 Å². The van der Waals surface area contributed by atoms with Crippen molar-refractivity contribution in [2.24, 2.45) is 5.92 Å². The molecule has 21 heavy (non-hydrogen) atoms. The van der Waals surface area contributed by atoms with Crippen molar-refractivity contribution in [1.29, 1.82) is 5.26 Å². The summed E-state index contributed by atoms with van der Waals surface area (Å²) < 4.78 is 0. The quantitative estimate of drug-likeness (QED) is 0.887. The summed E-state index contributed by atoms with van der Waals surface area (Å²) in [4.78, 5) is 12.4. The normalized spacial score (nSPS) is 16.2. The smallest absolute Gasteiger partial charge is 0.229 e. The van der Waals surface area contributed by atoms with Crippen LogP contribution in [0.15, 0.2) is 48.5 Å². The third kappa shape index (κ3) is 2.72. The molecule has 2 aromatic rings. The molecule has 1 amide bonds. The highest BCUT2D eigenvalue weighted by Crippen LogP contribution is 2.25. The predicted octanol–water partition coefficient (Wildman–Crippen LogP) is 2.78. The monoisotopic (exact) mass is 277 g/mol. The fourth-order valence-corrected chi connectivity index (χ4v) is 2.55. The van der Waals surface area contributed by atoms with Crippen LogP contribution in [0.1, 0.15) is 11.1 Å². The zero-order valence-electron chi connectivity index (χ0n) is 11.5. The average molecular weight is 277 g/mol. The van der Waals surface area contributed by atoms with Gasteiger partial charge in [-0.05, 0) is 30.2 Å². The summed E-state index contributed by atoms with van der Waals surface area (Å²) in [5, 5.41) is 15.2. The van der Waals surface area contributed by atoms with E-state index in [1.165, 1.54) is 0 Å². The molecule has 0 fully saturated rings. The largest absolute Gasteiger partial charge is 0.384 e. The van der Waals surface area contributed by atoms with Crippen molar-refractivity contribution in [3.8, 4) is 6.07 Å². The Morgan fingerprint density at radius 1 is 1.19 bits per heavy atom. The van der Waals surface area contributed by atoms with E-state index in [-0.39, 0.29) is 11.8 Å². The second-order valence-corrected chi connectivity index (χ2v) is 5.09. The lowest BCUT2D eigenvalue weighted by Gasteiger charge is -2.25. The first-order valence-corrected chi connectivity index (χ1v) is 6.89. The standard InChI is InChI=1S/C17H15N3O/c18-10-13-6-2-4-8-16(13)20-17(21)14-9-12-5-1-3-7-15(12)19-11-14/h1-8,14,19H,9,11H2,(H,20,21). The molecule has 104 valence electrons. The molecular weight excluding hydrogens is 262 g/mol. The van der Waals surface area contributed by atoms with Gasteiger partial charge in [0.2, 0.25) is 5.91 Å². The maximum absolute atomic E-state index is 12.4. The number of para-hydroxylation sites is 2. The Morgan fingerprint density at radius 2 is 1.95 bits per heavy atom. The molecular formula is C17H15N3O. The van der Waals surface area contributed by atoms with Gasteiger partial charge in [-0.2, -0.15) is 5.26 Å². The van der Waals surface area contributed by atoms with Crippen LogP contribution in [-0.4, -0.2) is 12.5 Å². The van der Waals surface area contributed by atoms with E-state index in [0.717, 1.165) is 11.3 Å². The number of nitrogens with zero attached hydrogens (tertiary/aromatic N) is 1. The number of rotatable bonds is 2. The summed E-state index contributed by atoms with van der Waals surface area (Å²) in [6, 6.07) is 17.1. The van der Waals surface area contributed by atoms with Crippen LogP contribution in [0, 0.1) is 17.2 Å². The molecule has 1 atom stereocenters. The van der Waals surface area contributed by atoms with Crippen LogP contribution in [0.2, 0.25) is 0 Å². The van der Waals surface area contributed by atoms with E-state index in [1.807, 2.05) is 30.3 Å². The lowest BCUT2D eigenvalue weighted by Crippen LogP contribution is -2.33. The summed E-state index contributed by atoms with van der Waals surface area (Å²) >= 11 is 0. The van der Waals surface area contributed by atoms with E-state index in [4.69, 9.17) is 5.26 Å². The van der Waals surface area contributed by atoms with Gasteiger partial charge >= 0.3 is 0 Å². The molecule has 0 aromatic heterocycles. The minimum Gasteiger partial charge on any atom is -0.384 e. The Kier molecular flexibility index (Phi) is 3.57. The number of carbonyl (C=O) groups is 1. The van der Waals surface area contributed by atoms with Gasteiger partial charge in [-0.3, -0.25) is 4.79 Å². The van der Waals surface area contributed by atoms with Gasteiger partial charge in [0.25, 0.3) is 0 Å². The predicted molar refractivity (Wildman–Crippen MR) is 81.9 cm³/mol. The number of hydrogen-bond donors (Lipinski definition) is 2. The number of fused-ring (bicyclic) bond motifs is 1. The van der Waals surface area contributed by atoms with Gasteiger partial charge in [0, 0.05) is 12.2 Å². The molecule has 4 heteroatoms. The second kappa shape index (κ2) is 5.68. The summed E-state index contributed by atoms with van der Waals surface area (Å²) in [6.45, 7) is 0.609. The van der Waals surface area contributed by atoms with E-state index in [2.05, 4.69) is 16.7 Å². The summed E-state index contributed by atoms with van der Waals surface area (Å²) in [5.41, 5.74) is 3.30. The molecule has 4 nitrogen and oxygen atoms in total.